The lowest BCUT2D eigenvalue weighted by Crippen LogP contribution is -2.52. The Bertz CT molecular complexity index is 823. The highest BCUT2D eigenvalue weighted by atomic mass is 16.6. The van der Waals surface area contributed by atoms with Crippen molar-refractivity contribution in [2.24, 2.45) is 5.41 Å². The maximum atomic E-state index is 12.8. The maximum Gasteiger partial charge on any atom is 0.228 e. The van der Waals surface area contributed by atoms with Crippen LogP contribution in [0.2, 0.25) is 0 Å². The number of amides is 2. The Hall–Kier alpha value is -2.71. The molecule has 1 fully saturated rings. The fraction of sp³-hybridized carbons (Fsp3) is 0.611. The van der Waals surface area contributed by atoms with Crippen molar-refractivity contribution >= 4 is 11.8 Å². The molecule has 2 N–H and O–H groups in total. The smallest absolute Gasteiger partial charge is 0.228 e. The zero-order valence-electron chi connectivity index (χ0n) is 16.3. The highest BCUT2D eigenvalue weighted by Gasteiger charge is 2.39. The molecule has 0 saturated carbocycles. The number of carbonyl (C=O) groups is 2. The highest BCUT2D eigenvalue weighted by Crippen LogP contribution is 2.30. The zero-order chi connectivity index (χ0) is 19.6. The average molecular weight is 374 g/mol. The summed E-state index contributed by atoms with van der Waals surface area (Å²) in [4.78, 5) is 27.4. The van der Waals surface area contributed by atoms with Gasteiger partial charge in [-0.25, -0.2) is 4.63 Å². The molecule has 0 aromatic carbocycles. The first-order chi connectivity index (χ1) is 12.8. The number of H-pyrrole nitrogens is 1. The van der Waals surface area contributed by atoms with Crippen LogP contribution in [0.5, 0.6) is 0 Å². The van der Waals surface area contributed by atoms with Crippen LogP contribution < -0.4 is 5.32 Å². The van der Waals surface area contributed by atoms with E-state index in [0.717, 1.165) is 29.8 Å². The normalized spacial score (nSPS) is 19.9. The largest absolute Gasteiger partial charge is 0.350 e. The first-order valence-electron chi connectivity index (χ1n) is 9.15. The molecule has 2 aromatic rings. The second-order valence-electron chi connectivity index (χ2n) is 7.55. The summed E-state index contributed by atoms with van der Waals surface area (Å²) >= 11 is 0. The third-order valence-electron chi connectivity index (χ3n) is 5.37. The number of piperidine rings is 1. The molecule has 1 unspecified atom stereocenters. The van der Waals surface area contributed by atoms with Gasteiger partial charge in [0.05, 0.1) is 24.1 Å². The van der Waals surface area contributed by atoms with Crippen molar-refractivity contribution in [3.05, 3.63) is 28.3 Å². The summed E-state index contributed by atoms with van der Waals surface area (Å²) < 4.78 is 4.65. The fourth-order valence-electron chi connectivity index (χ4n) is 3.52. The van der Waals surface area contributed by atoms with Gasteiger partial charge in [0.25, 0.3) is 0 Å². The summed E-state index contributed by atoms with van der Waals surface area (Å²) in [5.41, 5.74) is 3.34. The van der Waals surface area contributed by atoms with Crippen LogP contribution in [0.25, 0.3) is 0 Å². The van der Waals surface area contributed by atoms with E-state index in [-0.39, 0.29) is 18.4 Å². The third-order valence-corrected chi connectivity index (χ3v) is 5.37. The van der Waals surface area contributed by atoms with Gasteiger partial charge in [0.2, 0.25) is 11.8 Å². The van der Waals surface area contributed by atoms with Gasteiger partial charge in [-0.2, -0.15) is 5.10 Å². The van der Waals surface area contributed by atoms with Crippen molar-refractivity contribution < 1.29 is 14.2 Å². The van der Waals surface area contributed by atoms with Gasteiger partial charge in [0, 0.05) is 24.3 Å². The van der Waals surface area contributed by atoms with E-state index in [1.54, 1.807) is 11.8 Å². The van der Waals surface area contributed by atoms with Crippen LogP contribution in [0, 0.1) is 26.2 Å². The number of aromatic amines is 1. The van der Waals surface area contributed by atoms with Gasteiger partial charge in [0.15, 0.2) is 0 Å². The van der Waals surface area contributed by atoms with Gasteiger partial charge < -0.3 is 10.2 Å². The fourth-order valence-corrected chi connectivity index (χ4v) is 3.52. The van der Waals surface area contributed by atoms with Crippen LogP contribution in [0.15, 0.2) is 4.63 Å². The molecule has 146 valence electrons. The van der Waals surface area contributed by atoms with E-state index in [0.29, 0.717) is 30.9 Å². The van der Waals surface area contributed by atoms with E-state index < -0.39 is 5.41 Å². The van der Waals surface area contributed by atoms with Crippen LogP contribution in [0.3, 0.4) is 0 Å². The minimum atomic E-state index is -0.626. The second-order valence-corrected chi connectivity index (χ2v) is 7.55. The summed E-state index contributed by atoms with van der Waals surface area (Å²) in [6, 6.07) is 0. The molecule has 2 aromatic heterocycles. The molecule has 9 heteroatoms. The number of hydrogen-bond donors (Lipinski definition) is 2. The van der Waals surface area contributed by atoms with Crippen molar-refractivity contribution in [2.75, 3.05) is 13.1 Å². The van der Waals surface area contributed by atoms with Crippen LogP contribution >= 0.6 is 0 Å². The molecular formula is C18H26N6O3. The standard InChI is InChI=1S/C18H26N6O3/c1-11-14(12(2)21-20-11)8-16(25)24-7-5-6-18(4,10-24)17(26)19-9-15-13(3)22-27-23-15/h5-10H2,1-4H3,(H,19,26)(H,20,21). The molecular weight excluding hydrogens is 348 g/mol. The van der Waals surface area contributed by atoms with Crippen LogP contribution in [-0.2, 0) is 22.6 Å². The number of nitrogens with one attached hydrogen (secondary N) is 2. The van der Waals surface area contributed by atoms with Crippen LogP contribution in [0.1, 0.15) is 48.1 Å². The lowest BCUT2D eigenvalue weighted by Gasteiger charge is -2.39. The van der Waals surface area contributed by atoms with E-state index >= 15 is 0 Å². The zero-order valence-corrected chi connectivity index (χ0v) is 16.3. The number of hydrogen-bond acceptors (Lipinski definition) is 6. The molecule has 0 bridgehead atoms. The number of nitrogens with zero attached hydrogens (tertiary/aromatic N) is 4. The molecule has 3 rings (SSSR count). The molecule has 0 radical (unpaired) electrons. The highest BCUT2D eigenvalue weighted by molar-refractivity contribution is 5.85. The SMILES string of the molecule is Cc1nonc1CNC(=O)C1(C)CCCN(C(=O)Cc2c(C)n[nH]c2C)C1. The Morgan fingerprint density at radius 1 is 1.26 bits per heavy atom. The monoisotopic (exact) mass is 374 g/mol. The van der Waals surface area contributed by atoms with Crippen molar-refractivity contribution in [3.63, 3.8) is 0 Å². The Balaban J connectivity index is 1.62. The van der Waals surface area contributed by atoms with Gasteiger partial charge >= 0.3 is 0 Å². The molecule has 1 aliphatic heterocycles. The summed E-state index contributed by atoms with van der Waals surface area (Å²) in [5.74, 6) is -0.0593. The number of aryl methyl sites for hydroxylation is 3. The molecule has 27 heavy (non-hydrogen) atoms. The lowest BCUT2D eigenvalue weighted by molar-refractivity contribution is -0.140. The Labute approximate surface area is 157 Å². The Kier molecular flexibility index (Phi) is 5.29. The molecule has 1 atom stereocenters. The minimum absolute atomic E-state index is 0.0258. The van der Waals surface area contributed by atoms with Crippen molar-refractivity contribution in [3.8, 4) is 0 Å². The third kappa shape index (κ3) is 4.01. The molecule has 1 aliphatic rings. The molecule has 0 aliphatic carbocycles. The molecule has 0 spiro atoms. The van der Waals surface area contributed by atoms with E-state index in [2.05, 4.69) is 30.5 Å². The first kappa shape index (κ1) is 19.1. The Morgan fingerprint density at radius 3 is 2.67 bits per heavy atom. The molecule has 3 heterocycles. The van der Waals surface area contributed by atoms with Gasteiger partial charge in [-0.05, 0) is 40.5 Å². The quantitative estimate of drug-likeness (QED) is 0.812. The summed E-state index contributed by atoms with van der Waals surface area (Å²) in [6.45, 7) is 8.83. The van der Waals surface area contributed by atoms with Gasteiger partial charge in [0.1, 0.15) is 11.4 Å². The van der Waals surface area contributed by atoms with Gasteiger partial charge in [-0.15, -0.1) is 0 Å². The molecule has 2 amide bonds. The summed E-state index contributed by atoms with van der Waals surface area (Å²) in [7, 11) is 0. The maximum absolute atomic E-state index is 12.8. The van der Waals surface area contributed by atoms with Crippen molar-refractivity contribution in [1.29, 1.82) is 0 Å². The van der Waals surface area contributed by atoms with E-state index in [9.17, 15) is 9.59 Å². The van der Waals surface area contributed by atoms with E-state index in [1.807, 2.05) is 20.8 Å². The van der Waals surface area contributed by atoms with E-state index in [1.165, 1.54) is 0 Å². The van der Waals surface area contributed by atoms with E-state index in [4.69, 9.17) is 0 Å². The van der Waals surface area contributed by atoms with Crippen molar-refractivity contribution in [2.45, 2.75) is 53.5 Å². The molecule has 9 nitrogen and oxygen atoms in total. The summed E-state index contributed by atoms with van der Waals surface area (Å²) in [5, 5.41) is 17.5. The number of likely N-dealkylation sites (tertiary alicyclic amines) is 1. The van der Waals surface area contributed by atoms with Crippen molar-refractivity contribution in [1.82, 2.24) is 30.7 Å². The number of rotatable bonds is 5. The summed E-state index contributed by atoms with van der Waals surface area (Å²) in [6.07, 6.45) is 1.83. The van der Waals surface area contributed by atoms with Gasteiger partial charge in [-0.1, -0.05) is 10.3 Å². The van der Waals surface area contributed by atoms with Crippen LogP contribution in [-0.4, -0.2) is 50.3 Å². The molecule has 1 saturated heterocycles. The predicted molar refractivity (Wildman–Crippen MR) is 96.6 cm³/mol. The lowest BCUT2D eigenvalue weighted by atomic mass is 9.80. The topological polar surface area (TPSA) is 117 Å². The first-order valence-corrected chi connectivity index (χ1v) is 9.15. The second kappa shape index (κ2) is 7.50. The van der Waals surface area contributed by atoms with Gasteiger partial charge in [-0.3, -0.25) is 14.7 Å². The Morgan fingerprint density at radius 2 is 2.04 bits per heavy atom. The number of carbonyl (C=O) groups excluding carboxylic acids is 2. The average Bonchev–Trinajstić information content (AvgIpc) is 3.19. The predicted octanol–water partition coefficient (Wildman–Crippen LogP) is 1.21. The number of aromatic nitrogens is 4. The van der Waals surface area contributed by atoms with Crippen LogP contribution in [0.4, 0.5) is 0 Å². The minimum Gasteiger partial charge on any atom is -0.350 e.